The van der Waals surface area contributed by atoms with E-state index in [4.69, 9.17) is 9.72 Å². The van der Waals surface area contributed by atoms with E-state index in [-0.39, 0.29) is 6.10 Å². The fourth-order valence-corrected chi connectivity index (χ4v) is 4.72. The molecule has 168 valence electrons. The molecule has 32 heavy (non-hydrogen) atoms. The Labute approximate surface area is 190 Å². The molecule has 2 aromatic carbocycles. The second-order valence-corrected chi connectivity index (χ2v) is 9.23. The van der Waals surface area contributed by atoms with Gasteiger partial charge in [0.1, 0.15) is 11.9 Å². The van der Waals surface area contributed by atoms with Crippen LogP contribution >= 0.6 is 0 Å². The Hall–Kier alpha value is -2.86. The van der Waals surface area contributed by atoms with Crippen LogP contribution in [0.4, 0.5) is 17.3 Å². The average Bonchev–Trinajstić information content (AvgIpc) is 3.35. The number of nitrogens with zero attached hydrogens (tertiary/aromatic N) is 4. The Bertz CT molecular complexity index is 1060. The van der Waals surface area contributed by atoms with Crippen LogP contribution in [-0.2, 0) is 0 Å². The lowest BCUT2D eigenvalue weighted by Crippen LogP contribution is -2.41. The van der Waals surface area contributed by atoms with Crippen molar-refractivity contribution in [2.45, 2.75) is 51.7 Å². The van der Waals surface area contributed by atoms with E-state index in [1.165, 1.54) is 18.5 Å². The summed E-state index contributed by atoms with van der Waals surface area (Å²) in [6.07, 6.45) is 6.83. The Morgan fingerprint density at radius 3 is 2.59 bits per heavy atom. The van der Waals surface area contributed by atoms with Gasteiger partial charge in [-0.1, -0.05) is 6.07 Å². The van der Waals surface area contributed by atoms with Crippen LogP contribution in [0.5, 0.6) is 5.75 Å². The summed E-state index contributed by atoms with van der Waals surface area (Å²) in [5.41, 5.74) is 3.17. The number of anilines is 3. The van der Waals surface area contributed by atoms with Gasteiger partial charge in [-0.2, -0.15) is 0 Å². The van der Waals surface area contributed by atoms with E-state index >= 15 is 0 Å². The largest absolute Gasteiger partial charge is 0.490 e. The molecule has 2 aliphatic heterocycles. The van der Waals surface area contributed by atoms with Gasteiger partial charge in [0.2, 0.25) is 5.95 Å². The Morgan fingerprint density at radius 1 is 1.00 bits per heavy atom. The number of piperidine rings is 1. The Kier molecular flexibility index (Phi) is 6.12. The molecule has 6 heteroatoms. The molecule has 1 N–H and O–H groups in total. The minimum Gasteiger partial charge on any atom is -0.490 e. The molecule has 3 aromatic rings. The minimum absolute atomic E-state index is 0.273. The van der Waals surface area contributed by atoms with Crippen LogP contribution in [0.15, 0.2) is 48.7 Å². The highest BCUT2D eigenvalue weighted by molar-refractivity contribution is 5.80. The van der Waals surface area contributed by atoms with Gasteiger partial charge in [-0.05, 0) is 69.9 Å². The maximum Gasteiger partial charge on any atom is 0.227 e. The van der Waals surface area contributed by atoms with Gasteiger partial charge in [-0.25, -0.2) is 9.97 Å². The molecule has 0 unspecified atom stereocenters. The summed E-state index contributed by atoms with van der Waals surface area (Å²) in [4.78, 5) is 14.2. The molecular weight excluding hydrogens is 398 g/mol. The number of hydrogen-bond donors (Lipinski definition) is 1. The molecule has 0 saturated carbocycles. The molecule has 2 aliphatic rings. The normalized spacial score (nSPS) is 17.9. The summed E-state index contributed by atoms with van der Waals surface area (Å²) >= 11 is 0. The number of nitrogens with one attached hydrogen (secondary N) is 1. The van der Waals surface area contributed by atoms with Gasteiger partial charge >= 0.3 is 0 Å². The molecular formula is C26H33N5O. The molecule has 1 aromatic heterocycles. The van der Waals surface area contributed by atoms with E-state index in [1.807, 2.05) is 24.4 Å². The first-order chi connectivity index (χ1) is 15.6. The van der Waals surface area contributed by atoms with Crippen molar-refractivity contribution >= 4 is 28.2 Å². The van der Waals surface area contributed by atoms with E-state index in [0.717, 1.165) is 61.4 Å². The number of aromatic nitrogens is 2. The van der Waals surface area contributed by atoms with Gasteiger partial charge in [-0.3, -0.25) is 0 Å². The summed E-state index contributed by atoms with van der Waals surface area (Å²) in [5, 5.41) is 4.40. The third-order valence-corrected chi connectivity index (χ3v) is 6.64. The molecule has 5 rings (SSSR count). The second-order valence-electron chi connectivity index (χ2n) is 9.23. The first-order valence-electron chi connectivity index (χ1n) is 11.9. The van der Waals surface area contributed by atoms with Crippen LogP contribution in [0.3, 0.4) is 0 Å². The summed E-state index contributed by atoms with van der Waals surface area (Å²) < 4.78 is 6.31. The highest BCUT2D eigenvalue weighted by Gasteiger charge is 2.22. The zero-order chi connectivity index (χ0) is 21.9. The number of likely N-dealkylation sites (tertiary alicyclic amines) is 1. The van der Waals surface area contributed by atoms with Crippen molar-refractivity contribution in [3.05, 3.63) is 48.7 Å². The SMILES string of the molecule is CC(C)N1CCC(Oc2ccc3cnc(Nc4cccc(N5CCCC5)c4)nc3c2)CC1. The smallest absolute Gasteiger partial charge is 0.227 e. The van der Waals surface area contributed by atoms with Crippen molar-refractivity contribution < 1.29 is 4.74 Å². The van der Waals surface area contributed by atoms with Crippen LogP contribution in [0.1, 0.15) is 39.5 Å². The topological polar surface area (TPSA) is 53.5 Å². The van der Waals surface area contributed by atoms with Crippen molar-refractivity contribution in [2.75, 3.05) is 36.4 Å². The molecule has 2 fully saturated rings. The van der Waals surface area contributed by atoms with Crippen LogP contribution in [0.25, 0.3) is 10.9 Å². The summed E-state index contributed by atoms with van der Waals surface area (Å²) in [6, 6.07) is 15.2. The van der Waals surface area contributed by atoms with E-state index in [0.29, 0.717) is 12.0 Å². The highest BCUT2D eigenvalue weighted by Crippen LogP contribution is 2.27. The molecule has 0 radical (unpaired) electrons. The van der Waals surface area contributed by atoms with Crippen LogP contribution in [0.2, 0.25) is 0 Å². The van der Waals surface area contributed by atoms with Gasteiger partial charge in [0.15, 0.2) is 0 Å². The number of rotatable bonds is 6. The zero-order valence-corrected chi connectivity index (χ0v) is 19.1. The summed E-state index contributed by atoms with van der Waals surface area (Å²) in [6.45, 7) is 8.99. The van der Waals surface area contributed by atoms with Crippen molar-refractivity contribution in [3.8, 4) is 5.75 Å². The number of hydrogen-bond acceptors (Lipinski definition) is 6. The number of fused-ring (bicyclic) bond motifs is 1. The van der Waals surface area contributed by atoms with Gasteiger partial charge in [-0.15, -0.1) is 0 Å². The molecule has 6 nitrogen and oxygen atoms in total. The van der Waals surface area contributed by atoms with Gasteiger partial charge in [0, 0.05) is 61.2 Å². The third kappa shape index (κ3) is 4.80. The lowest BCUT2D eigenvalue weighted by atomic mass is 10.1. The van der Waals surface area contributed by atoms with E-state index in [1.54, 1.807) is 0 Å². The van der Waals surface area contributed by atoms with E-state index in [9.17, 15) is 0 Å². The molecule has 0 aliphatic carbocycles. The fraction of sp³-hybridized carbons (Fsp3) is 0.462. The molecule has 0 atom stereocenters. The number of benzene rings is 2. The van der Waals surface area contributed by atoms with Crippen LogP contribution in [0, 0.1) is 0 Å². The highest BCUT2D eigenvalue weighted by atomic mass is 16.5. The van der Waals surface area contributed by atoms with Crippen molar-refractivity contribution in [1.29, 1.82) is 0 Å². The quantitative estimate of drug-likeness (QED) is 0.577. The Balaban J connectivity index is 1.28. The zero-order valence-electron chi connectivity index (χ0n) is 19.1. The van der Waals surface area contributed by atoms with E-state index in [2.05, 4.69) is 58.2 Å². The average molecular weight is 432 g/mol. The predicted octanol–water partition coefficient (Wildman–Crippen LogP) is 5.23. The standard InChI is InChI=1S/C26H33N5O/c1-19(2)30-14-10-23(11-15-30)32-24-9-8-20-18-27-26(29-25(20)17-24)28-21-6-5-7-22(16-21)31-12-3-4-13-31/h5-9,16-19,23H,3-4,10-15H2,1-2H3,(H,27,28,29). The van der Waals surface area contributed by atoms with Crippen molar-refractivity contribution in [2.24, 2.45) is 0 Å². The first kappa shape index (κ1) is 21.0. The second kappa shape index (κ2) is 9.33. The third-order valence-electron chi connectivity index (χ3n) is 6.64. The fourth-order valence-electron chi connectivity index (χ4n) is 4.72. The summed E-state index contributed by atoms with van der Waals surface area (Å²) in [5.74, 6) is 1.50. The van der Waals surface area contributed by atoms with Crippen LogP contribution in [-0.4, -0.2) is 53.2 Å². The monoisotopic (exact) mass is 431 g/mol. The Morgan fingerprint density at radius 2 is 1.81 bits per heavy atom. The van der Waals surface area contributed by atoms with Gasteiger partial charge < -0.3 is 19.9 Å². The maximum atomic E-state index is 6.31. The van der Waals surface area contributed by atoms with Crippen molar-refractivity contribution in [1.82, 2.24) is 14.9 Å². The number of ether oxygens (including phenoxy) is 1. The first-order valence-corrected chi connectivity index (χ1v) is 11.9. The maximum absolute atomic E-state index is 6.31. The molecule has 0 spiro atoms. The van der Waals surface area contributed by atoms with E-state index < -0.39 is 0 Å². The molecule has 0 bridgehead atoms. The predicted molar refractivity (Wildman–Crippen MR) is 131 cm³/mol. The molecule has 2 saturated heterocycles. The van der Waals surface area contributed by atoms with Gasteiger partial charge in [0.25, 0.3) is 0 Å². The lowest BCUT2D eigenvalue weighted by molar-refractivity contribution is 0.0844. The van der Waals surface area contributed by atoms with Gasteiger partial charge in [0.05, 0.1) is 5.52 Å². The molecule has 3 heterocycles. The lowest BCUT2D eigenvalue weighted by Gasteiger charge is -2.34. The van der Waals surface area contributed by atoms with Crippen LogP contribution < -0.4 is 15.0 Å². The minimum atomic E-state index is 0.273. The molecule has 0 amide bonds. The summed E-state index contributed by atoms with van der Waals surface area (Å²) in [7, 11) is 0. The van der Waals surface area contributed by atoms with Crippen molar-refractivity contribution in [3.63, 3.8) is 0 Å².